The molecule has 15 heavy (non-hydrogen) atoms. The maximum atomic E-state index is 11.6. The van der Waals surface area contributed by atoms with E-state index in [2.05, 4.69) is 5.32 Å². The van der Waals surface area contributed by atoms with E-state index in [1.807, 2.05) is 12.1 Å². The van der Waals surface area contributed by atoms with Gasteiger partial charge in [0, 0.05) is 11.4 Å². The first-order chi connectivity index (χ1) is 7.24. The van der Waals surface area contributed by atoms with Crippen LogP contribution in [0.25, 0.3) is 0 Å². The van der Waals surface area contributed by atoms with Crippen molar-refractivity contribution < 1.29 is 9.59 Å². The van der Waals surface area contributed by atoms with Gasteiger partial charge in [-0.05, 0) is 18.1 Å². The zero-order valence-corrected chi connectivity index (χ0v) is 8.75. The summed E-state index contributed by atoms with van der Waals surface area (Å²) in [7, 11) is 0. The van der Waals surface area contributed by atoms with Crippen LogP contribution in [0.15, 0.2) is 24.3 Å². The average Bonchev–Trinajstić information content (AvgIpc) is 2.24. The molecule has 4 heteroatoms. The second-order valence-corrected chi connectivity index (χ2v) is 3.81. The SMILES string of the molecule is O=C1NC(=O)C(CCCl)c2ccccc21. The van der Waals surface area contributed by atoms with Gasteiger partial charge >= 0.3 is 0 Å². The monoisotopic (exact) mass is 223 g/mol. The highest BCUT2D eigenvalue weighted by Gasteiger charge is 2.31. The van der Waals surface area contributed by atoms with E-state index in [0.29, 0.717) is 17.9 Å². The zero-order chi connectivity index (χ0) is 10.8. The number of benzene rings is 1. The summed E-state index contributed by atoms with van der Waals surface area (Å²) in [5.41, 5.74) is 1.36. The van der Waals surface area contributed by atoms with Gasteiger partial charge in [0.25, 0.3) is 5.91 Å². The topological polar surface area (TPSA) is 46.2 Å². The Balaban J connectivity index is 2.46. The third-order valence-corrected chi connectivity index (χ3v) is 2.75. The quantitative estimate of drug-likeness (QED) is 0.613. The molecule has 0 saturated carbocycles. The maximum Gasteiger partial charge on any atom is 0.258 e. The first-order valence-corrected chi connectivity index (χ1v) is 5.27. The van der Waals surface area contributed by atoms with E-state index in [4.69, 9.17) is 11.6 Å². The molecule has 0 fully saturated rings. The number of carbonyl (C=O) groups is 2. The Morgan fingerprint density at radius 1 is 1.27 bits per heavy atom. The van der Waals surface area contributed by atoms with Crippen molar-refractivity contribution >= 4 is 23.4 Å². The van der Waals surface area contributed by atoms with Gasteiger partial charge < -0.3 is 0 Å². The van der Waals surface area contributed by atoms with Crippen LogP contribution in [-0.2, 0) is 4.79 Å². The molecule has 1 heterocycles. The molecule has 0 bridgehead atoms. The largest absolute Gasteiger partial charge is 0.292 e. The Labute approximate surface area is 92.4 Å². The highest BCUT2D eigenvalue weighted by Crippen LogP contribution is 2.27. The molecular weight excluding hydrogens is 214 g/mol. The molecule has 1 unspecified atom stereocenters. The van der Waals surface area contributed by atoms with E-state index < -0.39 is 0 Å². The molecule has 0 spiro atoms. The summed E-state index contributed by atoms with van der Waals surface area (Å²) in [5, 5.41) is 2.33. The van der Waals surface area contributed by atoms with Crippen molar-refractivity contribution in [1.82, 2.24) is 5.32 Å². The van der Waals surface area contributed by atoms with Crippen LogP contribution in [0.2, 0.25) is 0 Å². The van der Waals surface area contributed by atoms with Crippen LogP contribution in [-0.4, -0.2) is 17.7 Å². The number of fused-ring (bicyclic) bond motifs is 1. The normalized spacial score (nSPS) is 19.7. The lowest BCUT2D eigenvalue weighted by molar-refractivity contribution is -0.121. The van der Waals surface area contributed by atoms with Crippen molar-refractivity contribution in [3.63, 3.8) is 0 Å². The molecule has 0 radical (unpaired) electrons. The summed E-state index contributed by atoms with van der Waals surface area (Å²) >= 11 is 5.64. The number of nitrogens with one attached hydrogen (secondary N) is 1. The molecule has 1 aliphatic rings. The zero-order valence-electron chi connectivity index (χ0n) is 8.00. The highest BCUT2D eigenvalue weighted by atomic mass is 35.5. The Hall–Kier alpha value is -1.35. The standard InChI is InChI=1S/C11H10ClNO2/c12-6-5-9-7-3-1-2-4-8(7)10(14)13-11(9)15/h1-4,9H,5-6H2,(H,13,14,15). The lowest BCUT2D eigenvalue weighted by Gasteiger charge is -2.23. The number of hydrogen-bond acceptors (Lipinski definition) is 2. The minimum absolute atomic E-state index is 0.251. The fraction of sp³-hybridized carbons (Fsp3) is 0.273. The molecule has 1 aromatic carbocycles. The van der Waals surface area contributed by atoms with E-state index >= 15 is 0 Å². The summed E-state index contributed by atoms with van der Waals surface area (Å²) in [6.45, 7) is 0. The smallest absolute Gasteiger partial charge is 0.258 e. The maximum absolute atomic E-state index is 11.6. The average molecular weight is 224 g/mol. The van der Waals surface area contributed by atoms with E-state index in [9.17, 15) is 9.59 Å². The van der Waals surface area contributed by atoms with Gasteiger partial charge in [-0.15, -0.1) is 11.6 Å². The van der Waals surface area contributed by atoms with Gasteiger partial charge in [0.1, 0.15) is 0 Å². The first-order valence-electron chi connectivity index (χ1n) is 4.74. The molecule has 0 aliphatic carbocycles. The Kier molecular flexibility index (Phi) is 2.73. The summed E-state index contributed by atoms with van der Waals surface area (Å²) < 4.78 is 0. The van der Waals surface area contributed by atoms with Crippen LogP contribution in [0.4, 0.5) is 0 Å². The van der Waals surface area contributed by atoms with Crippen LogP contribution in [0.5, 0.6) is 0 Å². The molecule has 0 aromatic heterocycles. The minimum Gasteiger partial charge on any atom is -0.292 e. The van der Waals surface area contributed by atoms with Crippen molar-refractivity contribution in [3.8, 4) is 0 Å². The highest BCUT2D eigenvalue weighted by molar-refractivity contribution is 6.18. The molecule has 2 rings (SSSR count). The Morgan fingerprint density at radius 2 is 2.00 bits per heavy atom. The third-order valence-electron chi connectivity index (χ3n) is 2.53. The van der Waals surface area contributed by atoms with Gasteiger partial charge in [-0.1, -0.05) is 18.2 Å². The molecule has 1 aliphatic heterocycles. The molecule has 1 N–H and O–H groups in total. The molecule has 78 valence electrons. The number of halogens is 1. The number of hydrogen-bond donors (Lipinski definition) is 1. The number of carbonyl (C=O) groups excluding carboxylic acids is 2. The van der Waals surface area contributed by atoms with Crippen molar-refractivity contribution in [2.24, 2.45) is 0 Å². The Bertz CT molecular complexity index is 417. The molecule has 2 amide bonds. The third kappa shape index (κ3) is 1.75. The molecule has 0 saturated heterocycles. The van der Waals surface area contributed by atoms with E-state index in [0.717, 1.165) is 5.56 Å². The predicted molar refractivity (Wildman–Crippen MR) is 57.0 cm³/mol. The molecule has 3 nitrogen and oxygen atoms in total. The second-order valence-electron chi connectivity index (χ2n) is 3.44. The van der Waals surface area contributed by atoms with Gasteiger partial charge in [-0.2, -0.15) is 0 Å². The number of imide groups is 1. The van der Waals surface area contributed by atoms with Crippen molar-refractivity contribution in [3.05, 3.63) is 35.4 Å². The van der Waals surface area contributed by atoms with Crippen LogP contribution in [0, 0.1) is 0 Å². The molecular formula is C11H10ClNO2. The lowest BCUT2D eigenvalue weighted by Crippen LogP contribution is -2.40. The van der Waals surface area contributed by atoms with E-state index in [1.165, 1.54) is 0 Å². The van der Waals surface area contributed by atoms with Crippen LogP contribution < -0.4 is 5.32 Å². The minimum atomic E-state index is -0.318. The number of amides is 2. The molecule has 1 aromatic rings. The fourth-order valence-corrected chi connectivity index (χ4v) is 2.03. The van der Waals surface area contributed by atoms with Crippen molar-refractivity contribution in [2.75, 3.05) is 5.88 Å². The summed E-state index contributed by atoms with van der Waals surface area (Å²) in [6, 6.07) is 7.14. The molecule has 1 atom stereocenters. The first kappa shape index (κ1) is 10.2. The number of rotatable bonds is 2. The van der Waals surface area contributed by atoms with Crippen LogP contribution >= 0.6 is 11.6 Å². The number of alkyl halides is 1. The summed E-state index contributed by atoms with van der Waals surface area (Å²) in [4.78, 5) is 23.0. The van der Waals surface area contributed by atoms with E-state index in [1.54, 1.807) is 12.1 Å². The van der Waals surface area contributed by atoms with Crippen molar-refractivity contribution in [2.45, 2.75) is 12.3 Å². The Morgan fingerprint density at radius 3 is 2.73 bits per heavy atom. The second kappa shape index (κ2) is 4.03. The van der Waals surface area contributed by atoms with Crippen molar-refractivity contribution in [1.29, 1.82) is 0 Å². The van der Waals surface area contributed by atoms with Crippen LogP contribution in [0.1, 0.15) is 28.3 Å². The van der Waals surface area contributed by atoms with Gasteiger partial charge in [0.2, 0.25) is 5.91 Å². The predicted octanol–water partition coefficient (Wildman–Crippen LogP) is 1.67. The fourth-order valence-electron chi connectivity index (χ4n) is 1.81. The van der Waals surface area contributed by atoms with Crippen LogP contribution in [0.3, 0.4) is 0 Å². The lowest BCUT2D eigenvalue weighted by atomic mass is 9.88. The van der Waals surface area contributed by atoms with Gasteiger partial charge in [-0.3, -0.25) is 14.9 Å². The summed E-state index contributed by atoms with van der Waals surface area (Å²) in [5.74, 6) is -0.460. The summed E-state index contributed by atoms with van der Waals surface area (Å²) in [6.07, 6.45) is 0.553. The van der Waals surface area contributed by atoms with Gasteiger partial charge in [0.15, 0.2) is 0 Å². The van der Waals surface area contributed by atoms with E-state index in [-0.39, 0.29) is 17.7 Å². The van der Waals surface area contributed by atoms with Gasteiger partial charge in [-0.25, -0.2) is 0 Å². The van der Waals surface area contributed by atoms with Gasteiger partial charge in [0.05, 0.1) is 5.92 Å².